The molecule has 3 N–H and O–H groups in total. The molecule has 3 aromatic rings. The summed E-state index contributed by atoms with van der Waals surface area (Å²) in [5.41, 5.74) is 7.79. The van der Waals surface area contributed by atoms with Crippen molar-refractivity contribution >= 4 is 28.8 Å². The van der Waals surface area contributed by atoms with E-state index >= 15 is 0 Å². The van der Waals surface area contributed by atoms with E-state index in [0.29, 0.717) is 14.8 Å². The van der Waals surface area contributed by atoms with Crippen LogP contribution < -0.4 is 11.1 Å². The number of thiophene rings is 1. The highest BCUT2D eigenvalue weighted by atomic mass is 35.5. The molecule has 1 amide bonds. The number of amides is 1. The standard InChI is InChI=1S/C18H17ClF2N4OS/c1-25-15(4-5-23-25)12-8-16(27-17(12)19)18(26)24-11(9-22)6-10-2-3-13(20)14(21)7-10/h2-5,7-8,11H,6,9,22H2,1H3,(H,24,26). The third-order valence-electron chi connectivity index (χ3n) is 4.09. The second-order valence-electron chi connectivity index (χ2n) is 6.00. The van der Waals surface area contributed by atoms with Crippen LogP contribution in [0.2, 0.25) is 4.34 Å². The number of carbonyl (C=O) groups is 1. The molecule has 3 rings (SSSR count). The van der Waals surface area contributed by atoms with Gasteiger partial charge in [-0.2, -0.15) is 5.10 Å². The first kappa shape index (κ1) is 19.5. The summed E-state index contributed by atoms with van der Waals surface area (Å²) >= 11 is 7.43. The molecule has 142 valence electrons. The molecule has 0 spiro atoms. The SMILES string of the molecule is Cn1nccc1-c1cc(C(=O)NC(CN)Cc2ccc(F)c(F)c2)sc1Cl. The van der Waals surface area contributed by atoms with Crippen molar-refractivity contribution in [2.45, 2.75) is 12.5 Å². The van der Waals surface area contributed by atoms with Crippen molar-refractivity contribution in [1.82, 2.24) is 15.1 Å². The predicted molar refractivity (Wildman–Crippen MR) is 102 cm³/mol. The van der Waals surface area contributed by atoms with Gasteiger partial charge in [0.15, 0.2) is 11.6 Å². The highest BCUT2D eigenvalue weighted by Gasteiger charge is 2.19. The van der Waals surface area contributed by atoms with Crippen LogP contribution in [0.5, 0.6) is 0 Å². The number of nitrogens with zero attached hydrogens (tertiary/aromatic N) is 2. The van der Waals surface area contributed by atoms with Gasteiger partial charge in [0.05, 0.1) is 10.6 Å². The van der Waals surface area contributed by atoms with E-state index < -0.39 is 17.7 Å². The second kappa shape index (κ2) is 8.16. The van der Waals surface area contributed by atoms with Crippen molar-refractivity contribution in [3.05, 3.63) is 62.9 Å². The zero-order valence-corrected chi connectivity index (χ0v) is 16.0. The fourth-order valence-corrected chi connectivity index (χ4v) is 3.89. The molecule has 0 saturated heterocycles. The summed E-state index contributed by atoms with van der Waals surface area (Å²) in [6.45, 7) is 0.151. The van der Waals surface area contributed by atoms with Crippen molar-refractivity contribution in [2.24, 2.45) is 12.8 Å². The Balaban J connectivity index is 1.73. The number of rotatable bonds is 6. The number of aromatic nitrogens is 2. The Kier molecular flexibility index (Phi) is 5.88. The maximum absolute atomic E-state index is 13.4. The first-order valence-electron chi connectivity index (χ1n) is 8.11. The summed E-state index contributed by atoms with van der Waals surface area (Å²) in [5.74, 6) is -2.17. The summed E-state index contributed by atoms with van der Waals surface area (Å²) in [4.78, 5) is 13.0. The average Bonchev–Trinajstić information content (AvgIpc) is 3.22. The molecule has 1 unspecified atom stereocenters. The van der Waals surface area contributed by atoms with Gasteiger partial charge < -0.3 is 11.1 Å². The third-order valence-corrected chi connectivity index (χ3v) is 5.45. The summed E-state index contributed by atoms with van der Waals surface area (Å²) in [6.07, 6.45) is 1.93. The molecule has 9 heteroatoms. The molecule has 0 saturated carbocycles. The van der Waals surface area contributed by atoms with E-state index in [1.54, 1.807) is 30.1 Å². The molecule has 0 bridgehead atoms. The van der Waals surface area contributed by atoms with Crippen LogP contribution in [0.3, 0.4) is 0 Å². The lowest BCUT2D eigenvalue weighted by Crippen LogP contribution is -2.41. The van der Waals surface area contributed by atoms with E-state index in [4.69, 9.17) is 17.3 Å². The molecule has 0 aliphatic carbocycles. The van der Waals surface area contributed by atoms with E-state index in [9.17, 15) is 13.6 Å². The fourth-order valence-electron chi connectivity index (χ4n) is 2.69. The number of carbonyl (C=O) groups excluding carboxylic acids is 1. The number of halogens is 3. The van der Waals surface area contributed by atoms with Crippen LogP contribution in [-0.2, 0) is 13.5 Å². The van der Waals surface area contributed by atoms with Crippen LogP contribution in [0.15, 0.2) is 36.5 Å². The average molecular weight is 411 g/mol. The molecule has 0 radical (unpaired) electrons. The van der Waals surface area contributed by atoms with Crippen LogP contribution in [-0.4, -0.2) is 28.3 Å². The monoisotopic (exact) mass is 410 g/mol. The second-order valence-corrected chi connectivity index (χ2v) is 7.65. The van der Waals surface area contributed by atoms with Gasteiger partial charge in [-0.15, -0.1) is 11.3 Å². The summed E-state index contributed by atoms with van der Waals surface area (Å²) < 4.78 is 28.6. The number of nitrogens with two attached hydrogens (primary N) is 1. The van der Waals surface area contributed by atoms with E-state index in [0.717, 1.165) is 34.7 Å². The Morgan fingerprint density at radius 2 is 2.11 bits per heavy atom. The molecule has 2 heterocycles. The van der Waals surface area contributed by atoms with Crippen LogP contribution in [0.25, 0.3) is 11.3 Å². The van der Waals surface area contributed by atoms with Crippen LogP contribution in [0.1, 0.15) is 15.2 Å². The Bertz CT molecular complexity index is 972. The molecule has 1 atom stereocenters. The number of benzene rings is 1. The van der Waals surface area contributed by atoms with Gasteiger partial charge in [0, 0.05) is 31.4 Å². The highest BCUT2D eigenvalue weighted by Crippen LogP contribution is 2.35. The van der Waals surface area contributed by atoms with E-state index in [1.807, 2.05) is 0 Å². The number of hydrogen-bond donors (Lipinski definition) is 2. The van der Waals surface area contributed by atoms with Gasteiger partial charge in [-0.25, -0.2) is 8.78 Å². The Hall–Kier alpha value is -2.29. The van der Waals surface area contributed by atoms with E-state index in [1.165, 1.54) is 6.07 Å². The Labute approximate surface area is 163 Å². The first-order valence-corrected chi connectivity index (χ1v) is 9.31. The van der Waals surface area contributed by atoms with Gasteiger partial charge in [0.25, 0.3) is 5.91 Å². The minimum atomic E-state index is -0.930. The van der Waals surface area contributed by atoms with Gasteiger partial charge >= 0.3 is 0 Å². The van der Waals surface area contributed by atoms with Crippen molar-refractivity contribution in [1.29, 1.82) is 0 Å². The van der Waals surface area contributed by atoms with Gasteiger partial charge in [-0.05, 0) is 36.2 Å². The minimum Gasteiger partial charge on any atom is -0.347 e. The lowest BCUT2D eigenvalue weighted by atomic mass is 10.1. The van der Waals surface area contributed by atoms with Gasteiger partial charge in [0.1, 0.15) is 4.34 Å². The molecule has 5 nitrogen and oxygen atoms in total. The Morgan fingerprint density at radius 1 is 1.33 bits per heavy atom. The predicted octanol–water partition coefficient (Wildman–Crippen LogP) is 3.38. The largest absolute Gasteiger partial charge is 0.347 e. The van der Waals surface area contributed by atoms with Crippen LogP contribution in [0, 0.1) is 11.6 Å². The van der Waals surface area contributed by atoms with Crippen LogP contribution >= 0.6 is 22.9 Å². The van der Waals surface area contributed by atoms with Gasteiger partial charge in [0.2, 0.25) is 0 Å². The number of aryl methyl sites for hydroxylation is 1. The Morgan fingerprint density at radius 3 is 2.74 bits per heavy atom. The number of hydrogen-bond acceptors (Lipinski definition) is 4. The van der Waals surface area contributed by atoms with Gasteiger partial charge in [-0.1, -0.05) is 17.7 Å². The maximum Gasteiger partial charge on any atom is 0.261 e. The minimum absolute atomic E-state index is 0.151. The zero-order chi connectivity index (χ0) is 19.6. The van der Waals surface area contributed by atoms with Crippen molar-refractivity contribution in [3.63, 3.8) is 0 Å². The van der Waals surface area contributed by atoms with Crippen molar-refractivity contribution < 1.29 is 13.6 Å². The summed E-state index contributed by atoms with van der Waals surface area (Å²) in [6, 6.07) is 6.71. The van der Waals surface area contributed by atoms with Crippen LogP contribution in [0.4, 0.5) is 8.78 Å². The quantitative estimate of drug-likeness (QED) is 0.654. The van der Waals surface area contributed by atoms with E-state index in [2.05, 4.69) is 10.4 Å². The topological polar surface area (TPSA) is 72.9 Å². The molecular weight excluding hydrogens is 394 g/mol. The smallest absolute Gasteiger partial charge is 0.261 e. The van der Waals surface area contributed by atoms with Crippen molar-refractivity contribution in [3.8, 4) is 11.3 Å². The van der Waals surface area contributed by atoms with Gasteiger partial charge in [-0.3, -0.25) is 9.48 Å². The zero-order valence-electron chi connectivity index (χ0n) is 14.4. The summed E-state index contributed by atoms with van der Waals surface area (Å²) in [7, 11) is 1.79. The molecule has 0 aliphatic rings. The number of nitrogens with one attached hydrogen (secondary N) is 1. The van der Waals surface area contributed by atoms with E-state index in [-0.39, 0.29) is 18.9 Å². The lowest BCUT2D eigenvalue weighted by molar-refractivity contribution is 0.0942. The highest BCUT2D eigenvalue weighted by molar-refractivity contribution is 7.18. The molecule has 0 fully saturated rings. The maximum atomic E-state index is 13.4. The summed E-state index contributed by atoms with van der Waals surface area (Å²) in [5, 5.41) is 6.91. The lowest BCUT2D eigenvalue weighted by Gasteiger charge is -2.16. The molecule has 27 heavy (non-hydrogen) atoms. The molecule has 1 aromatic carbocycles. The molecule has 0 aliphatic heterocycles. The third kappa shape index (κ3) is 4.35. The molecular formula is C18H17ClF2N4OS. The first-order chi connectivity index (χ1) is 12.9. The normalized spacial score (nSPS) is 12.2. The fraction of sp³-hybridized carbons (Fsp3) is 0.222. The van der Waals surface area contributed by atoms with Crippen molar-refractivity contribution in [2.75, 3.05) is 6.54 Å². The molecule has 2 aromatic heterocycles.